The Bertz CT molecular complexity index is 907. The Labute approximate surface area is 167 Å². The number of rotatable bonds is 2. The fraction of sp³-hybridized carbons (Fsp3) is 0.231. The lowest BCUT2D eigenvalue weighted by Crippen LogP contribution is -3.11. The van der Waals surface area contributed by atoms with Gasteiger partial charge in [-0.05, 0) is 12.1 Å². The Balaban J connectivity index is 1.72. The third-order valence-corrected chi connectivity index (χ3v) is 5.80. The van der Waals surface area contributed by atoms with Crippen LogP contribution in [0.4, 0.5) is 0 Å². The SMILES string of the molecule is C[NH+]1[C@@H](c2ccccc2)CC(O)(C#Cc2ccccc2)C[C@H]1c1ccccc1. The minimum absolute atomic E-state index is 0.190. The summed E-state index contributed by atoms with van der Waals surface area (Å²) in [6.07, 6.45) is 1.26. The first-order valence-corrected chi connectivity index (χ1v) is 9.88. The summed E-state index contributed by atoms with van der Waals surface area (Å²) < 4.78 is 0. The molecule has 1 saturated heterocycles. The zero-order valence-corrected chi connectivity index (χ0v) is 16.2. The Kier molecular flexibility index (Phi) is 5.30. The van der Waals surface area contributed by atoms with Gasteiger partial charge in [-0.1, -0.05) is 90.7 Å². The van der Waals surface area contributed by atoms with Crippen molar-refractivity contribution >= 4 is 0 Å². The Morgan fingerprint density at radius 1 is 0.750 bits per heavy atom. The van der Waals surface area contributed by atoms with Crippen LogP contribution < -0.4 is 4.90 Å². The molecular formula is C26H26NO+. The lowest BCUT2D eigenvalue weighted by atomic mass is 9.78. The number of hydrogen-bond acceptors (Lipinski definition) is 1. The van der Waals surface area contributed by atoms with Crippen molar-refractivity contribution in [2.75, 3.05) is 7.05 Å². The van der Waals surface area contributed by atoms with Crippen LogP contribution in [-0.2, 0) is 0 Å². The second-order valence-corrected chi connectivity index (χ2v) is 7.73. The van der Waals surface area contributed by atoms with Gasteiger partial charge in [-0.3, -0.25) is 0 Å². The molecule has 1 fully saturated rings. The average Bonchev–Trinajstić information content (AvgIpc) is 2.76. The molecule has 0 spiro atoms. The number of likely N-dealkylation sites (tertiary alicyclic amines) is 1. The molecule has 2 heteroatoms. The lowest BCUT2D eigenvalue weighted by molar-refractivity contribution is -0.951. The molecule has 4 atom stereocenters. The molecule has 0 amide bonds. The third-order valence-electron chi connectivity index (χ3n) is 5.80. The summed E-state index contributed by atoms with van der Waals surface area (Å²) in [4.78, 5) is 1.41. The van der Waals surface area contributed by atoms with Crippen LogP contribution in [0.2, 0.25) is 0 Å². The monoisotopic (exact) mass is 368 g/mol. The largest absolute Gasteiger partial charge is 0.377 e. The highest BCUT2D eigenvalue weighted by atomic mass is 16.3. The molecular weight excluding hydrogens is 342 g/mol. The topological polar surface area (TPSA) is 24.7 Å². The minimum Gasteiger partial charge on any atom is -0.377 e. The highest BCUT2D eigenvalue weighted by Gasteiger charge is 2.45. The number of nitrogens with one attached hydrogen (secondary N) is 1. The summed E-state index contributed by atoms with van der Waals surface area (Å²) in [5.74, 6) is 6.43. The van der Waals surface area contributed by atoms with E-state index in [9.17, 15) is 5.11 Å². The smallest absolute Gasteiger partial charge is 0.137 e. The highest BCUT2D eigenvalue weighted by molar-refractivity contribution is 5.37. The van der Waals surface area contributed by atoms with Crippen LogP contribution in [0.15, 0.2) is 91.0 Å². The van der Waals surface area contributed by atoms with Gasteiger partial charge in [0.05, 0.1) is 7.05 Å². The maximum absolute atomic E-state index is 11.5. The minimum atomic E-state index is -1.02. The van der Waals surface area contributed by atoms with Crippen molar-refractivity contribution in [2.45, 2.75) is 30.5 Å². The van der Waals surface area contributed by atoms with Gasteiger partial charge in [0.15, 0.2) is 0 Å². The number of hydrogen-bond donors (Lipinski definition) is 2. The van der Waals surface area contributed by atoms with Crippen molar-refractivity contribution in [1.82, 2.24) is 0 Å². The first kappa shape index (κ1) is 18.5. The number of benzene rings is 3. The molecule has 140 valence electrons. The van der Waals surface area contributed by atoms with E-state index in [0.717, 1.165) is 5.56 Å². The molecule has 0 saturated carbocycles. The van der Waals surface area contributed by atoms with E-state index >= 15 is 0 Å². The molecule has 2 unspecified atom stereocenters. The lowest BCUT2D eigenvalue weighted by Gasteiger charge is -2.43. The first-order chi connectivity index (χ1) is 13.6. The molecule has 1 heterocycles. The van der Waals surface area contributed by atoms with E-state index in [1.807, 2.05) is 42.5 Å². The van der Waals surface area contributed by atoms with Gasteiger partial charge in [-0.25, -0.2) is 0 Å². The van der Waals surface area contributed by atoms with Crippen molar-refractivity contribution in [1.29, 1.82) is 0 Å². The standard InChI is InChI=1S/C26H25NO/c1-27-24(22-13-7-3-8-14-22)19-26(28,18-17-21-11-5-2-6-12-21)20-25(27)23-15-9-4-10-16-23/h2-16,24-25,28H,19-20H2,1H3/p+1/t24-,25+,26?. The molecule has 1 aliphatic heterocycles. The van der Waals surface area contributed by atoms with Gasteiger partial charge in [-0.15, -0.1) is 0 Å². The molecule has 2 N–H and O–H groups in total. The normalized spacial score (nSPS) is 26.9. The van der Waals surface area contributed by atoms with E-state index in [4.69, 9.17) is 0 Å². The number of aliphatic hydroxyl groups is 1. The van der Waals surface area contributed by atoms with E-state index in [1.54, 1.807) is 0 Å². The number of quaternary nitrogens is 1. The van der Waals surface area contributed by atoms with E-state index in [0.29, 0.717) is 12.8 Å². The summed E-state index contributed by atoms with van der Waals surface area (Å²) in [5, 5.41) is 11.5. The molecule has 0 aromatic heterocycles. The van der Waals surface area contributed by atoms with Crippen molar-refractivity contribution < 1.29 is 10.0 Å². The van der Waals surface area contributed by atoms with Gasteiger partial charge in [0.2, 0.25) is 0 Å². The van der Waals surface area contributed by atoms with Gasteiger partial charge in [0.1, 0.15) is 17.7 Å². The van der Waals surface area contributed by atoms with Gasteiger partial charge < -0.3 is 10.0 Å². The summed E-state index contributed by atoms with van der Waals surface area (Å²) in [6, 6.07) is 31.3. The molecule has 3 aromatic carbocycles. The van der Waals surface area contributed by atoms with Gasteiger partial charge in [-0.2, -0.15) is 0 Å². The van der Waals surface area contributed by atoms with Crippen molar-refractivity contribution in [3.05, 3.63) is 108 Å². The Morgan fingerprint density at radius 3 is 1.64 bits per heavy atom. The maximum atomic E-state index is 11.5. The van der Waals surface area contributed by atoms with Crippen LogP contribution in [0, 0.1) is 11.8 Å². The van der Waals surface area contributed by atoms with Crippen molar-refractivity contribution in [2.24, 2.45) is 0 Å². The fourth-order valence-corrected chi connectivity index (χ4v) is 4.27. The van der Waals surface area contributed by atoms with Crippen molar-refractivity contribution in [3.8, 4) is 11.8 Å². The quantitative estimate of drug-likeness (QED) is 0.664. The van der Waals surface area contributed by atoms with Gasteiger partial charge in [0.25, 0.3) is 0 Å². The predicted octanol–water partition coefficient (Wildman–Crippen LogP) is 3.56. The summed E-state index contributed by atoms with van der Waals surface area (Å²) in [6.45, 7) is 0. The predicted molar refractivity (Wildman–Crippen MR) is 113 cm³/mol. The van der Waals surface area contributed by atoms with E-state index in [-0.39, 0.29) is 12.1 Å². The Hall–Kier alpha value is -2.86. The zero-order chi connectivity index (χ0) is 19.4. The fourth-order valence-electron chi connectivity index (χ4n) is 4.27. The first-order valence-electron chi connectivity index (χ1n) is 9.88. The molecule has 0 radical (unpaired) electrons. The van der Waals surface area contributed by atoms with Gasteiger partial charge >= 0.3 is 0 Å². The second kappa shape index (κ2) is 8.02. The molecule has 1 aliphatic rings. The van der Waals surface area contributed by atoms with E-state index in [1.165, 1.54) is 16.0 Å². The van der Waals surface area contributed by atoms with Crippen LogP contribution >= 0.6 is 0 Å². The molecule has 2 nitrogen and oxygen atoms in total. The number of piperidine rings is 1. The van der Waals surface area contributed by atoms with Crippen LogP contribution in [0.5, 0.6) is 0 Å². The zero-order valence-electron chi connectivity index (χ0n) is 16.2. The van der Waals surface area contributed by atoms with E-state index < -0.39 is 5.60 Å². The molecule has 0 bridgehead atoms. The highest BCUT2D eigenvalue weighted by Crippen LogP contribution is 2.34. The van der Waals surface area contributed by atoms with Gasteiger partial charge in [0, 0.05) is 29.5 Å². The third kappa shape index (κ3) is 4.02. The maximum Gasteiger partial charge on any atom is 0.137 e. The van der Waals surface area contributed by atoms with Crippen molar-refractivity contribution in [3.63, 3.8) is 0 Å². The Morgan fingerprint density at radius 2 is 1.18 bits per heavy atom. The van der Waals surface area contributed by atoms with E-state index in [2.05, 4.69) is 67.4 Å². The molecule has 28 heavy (non-hydrogen) atoms. The average molecular weight is 369 g/mol. The van der Waals surface area contributed by atoms with Crippen LogP contribution in [0.25, 0.3) is 0 Å². The van der Waals surface area contributed by atoms with Crippen LogP contribution in [0.1, 0.15) is 41.6 Å². The molecule has 0 aliphatic carbocycles. The summed E-state index contributed by atoms with van der Waals surface area (Å²) in [7, 11) is 2.24. The summed E-state index contributed by atoms with van der Waals surface area (Å²) in [5.41, 5.74) is 2.42. The van der Waals surface area contributed by atoms with Crippen LogP contribution in [0.3, 0.4) is 0 Å². The summed E-state index contributed by atoms with van der Waals surface area (Å²) >= 11 is 0. The van der Waals surface area contributed by atoms with Crippen LogP contribution in [-0.4, -0.2) is 17.8 Å². The second-order valence-electron chi connectivity index (χ2n) is 7.73. The molecule has 4 rings (SSSR count). The molecule has 3 aromatic rings.